The first-order valence-electron chi connectivity index (χ1n) is 12.2. The molecule has 232 valence electrons. The molecule has 1 aromatic heterocycles. The summed E-state index contributed by atoms with van der Waals surface area (Å²) in [6.07, 6.45) is 6.83. The molecule has 3 atom stereocenters. The van der Waals surface area contributed by atoms with Crippen LogP contribution in [0.25, 0.3) is 0 Å². The van der Waals surface area contributed by atoms with Crippen LogP contribution in [0.2, 0.25) is 0 Å². The number of terminal acetylenes is 1. The molecule has 0 aliphatic carbocycles. The van der Waals surface area contributed by atoms with E-state index in [4.69, 9.17) is 21.7 Å². The van der Waals surface area contributed by atoms with Crippen LogP contribution in [0.1, 0.15) is 20.8 Å². The minimum atomic E-state index is -1.28. The molecule has 3 aliphatic heterocycles. The quantitative estimate of drug-likeness (QED) is 0.0599. The lowest BCUT2D eigenvalue weighted by Gasteiger charge is -2.49. The van der Waals surface area contributed by atoms with Crippen LogP contribution in [0.3, 0.4) is 0 Å². The number of β-lactam (4-membered cyclic amide) rings is 1. The molecule has 43 heavy (non-hydrogen) atoms. The SMILES string of the molecule is C#CCn1nnnc1SCC1=C(C(=O)O)N2C(=O)C(NC(=O)/C(=N\OCC(=O)OC(C)(C)C)N3C=CSC3N)[C@H]2SC1.Cl. The molecule has 0 saturated carbocycles. The van der Waals surface area contributed by atoms with Crippen LogP contribution in [0, 0.1) is 12.3 Å². The average molecular weight is 674 g/mol. The van der Waals surface area contributed by atoms with Gasteiger partial charge in [-0.15, -0.1) is 35.7 Å². The number of aromatic nitrogens is 4. The highest BCUT2D eigenvalue weighted by molar-refractivity contribution is 8.02. The Morgan fingerprint density at radius 2 is 2.12 bits per heavy atom. The normalized spacial score (nSPS) is 21.4. The number of carbonyl (C=O) groups excluding carboxylic acids is 3. The zero-order chi connectivity index (χ0) is 30.6. The number of carboxylic acid groups (broad SMARTS) is 1. The van der Waals surface area contributed by atoms with Gasteiger partial charge in [-0.3, -0.25) is 19.4 Å². The number of amidine groups is 1. The molecule has 2 amide bonds. The van der Waals surface area contributed by atoms with Crippen molar-refractivity contribution >= 4 is 77.3 Å². The summed E-state index contributed by atoms with van der Waals surface area (Å²) in [7, 11) is 0. The van der Waals surface area contributed by atoms with Crippen LogP contribution in [0.15, 0.2) is 33.2 Å². The highest BCUT2D eigenvalue weighted by atomic mass is 35.5. The van der Waals surface area contributed by atoms with E-state index >= 15 is 0 Å². The first-order chi connectivity index (χ1) is 19.9. The number of nitrogens with two attached hydrogens (primary N) is 1. The smallest absolute Gasteiger partial charge is 0.352 e. The summed E-state index contributed by atoms with van der Waals surface area (Å²) in [6.45, 7) is 4.67. The molecule has 1 fully saturated rings. The molecule has 1 aromatic rings. The molecule has 0 bridgehead atoms. The third-order valence-corrected chi connectivity index (χ3v) is 8.73. The van der Waals surface area contributed by atoms with Crippen molar-refractivity contribution in [1.82, 2.24) is 35.3 Å². The molecule has 3 aliphatic rings. The topological polar surface area (TPSA) is 207 Å². The minimum absolute atomic E-state index is 0. The third kappa shape index (κ3) is 7.94. The van der Waals surface area contributed by atoms with Gasteiger partial charge in [-0.25, -0.2) is 14.3 Å². The van der Waals surface area contributed by atoms with E-state index in [-0.39, 0.29) is 42.0 Å². The van der Waals surface area contributed by atoms with Gasteiger partial charge in [0.2, 0.25) is 17.6 Å². The first kappa shape index (κ1) is 34.1. The number of thioether (sulfide) groups is 3. The van der Waals surface area contributed by atoms with E-state index in [2.05, 4.69) is 31.9 Å². The molecule has 2 unspecified atom stereocenters. The molecule has 1 saturated heterocycles. The van der Waals surface area contributed by atoms with Crippen molar-refractivity contribution in [2.24, 2.45) is 10.9 Å². The number of tetrazole rings is 1. The summed E-state index contributed by atoms with van der Waals surface area (Å²) in [5.41, 5.74) is 4.93. The number of rotatable bonds is 9. The first-order valence-corrected chi connectivity index (χ1v) is 15.2. The van der Waals surface area contributed by atoms with Crippen LogP contribution in [-0.4, -0.2) is 105 Å². The van der Waals surface area contributed by atoms with Crippen molar-refractivity contribution in [3.8, 4) is 12.3 Å². The van der Waals surface area contributed by atoms with Gasteiger partial charge in [-0.05, 0) is 42.2 Å². The fourth-order valence-corrected chi connectivity index (χ4v) is 6.91. The molecule has 4 heterocycles. The number of aliphatic carboxylic acids is 1. The van der Waals surface area contributed by atoms with Crippen molar-refractivity contribution in [2.75, 3.05) is 18.1 Å². The van der Waals surface area contributed by atoms with Crippen LogP contribution in [-0.2, 0) is 35.3 Å². The predicted octanol–water partition coefficient (Wildman–Crippen LogP) is -0.00710. The third-order valence-electron chi connectivity index (χ3n) is 5.57. The zero-order valence-electron chi connectivity index (χ0n) is 23.0. The summed E-state index contributed by atoms with van der Waals surface area (Å²) in [4.78, 5) is 58.2. The monoisotopic (exact) mass is 673 g/mol. The number of amides is 2. The summed E-state index contributed by atoms with van der Waals surface area (Å²) in [5.74, 6) is -0.762. The second kappa shape index (κ2) is 14.4. The number of nitrogens with zero attached hydrogens (tertiary/aromatic N) is 7. The molecular formula is C23H28ClN9O7S3. The lowest BCUT2D eigenvalue weighted by atomic mass is 10.0. The Morgan fingerprint density at radius 3 is 2.74 bits per heavy atom. The maximum atomic E-state index is 13.3. The Hall–Kier alpha value is -3.44. The number of nitrogens with one attached hydrogen (secondary N) is 1. The van der Waals surface area contributed by atoms with Gasteiger partial charge in [-0.2, -0.15) is 0 Å². The molecule has 0 radical (unpaired) electrons. The highest BCUT2D eigenvalue weighted by Crippen LogP contribution is 2.41. The fourth-order valence-electron chi connectivity index (χ4n) is 3.88. The van der Waals surface area contributed by atoms with E-state index in [1.165, 1.54) is 51.1 Å². The van der Waals surface area contributed by atoms with Crippen molar-refractivity contribution in [2.45, 2.75) is 55.0 Å². The molecule has 4 N–H and O–H groups in total. The van der Waals surface area contributed by atoms with E-state index in [1.807, 2.05) is 0 Å². The van der Waals surface area contributed by atoms with Gasteiger partial charge in [-0.1, -0.05) is 34.6 Å². The Morgan fingerprint density at radius 1 is 1.37 bits per heavy atom. The van der Waals surface area contributed by atoms with E-state index in [1.54, 1.807) is 26.2 Å². The number of hydrogen-bond acceptors (Lipinski definition) is 14. The second-order valence-electron chi connectivity index (χ2n) is 9.72. The summed E-state index contributed by atoms with van der Waals surface area (Å²) < 4.78 is 6.57. The number of hydrogen-bond donors (Lipinski definition) is 3. The van der Waals surface area contributed by atoms with E-state index < -0.39 is 52.9 Å². The lowest BCUT2D eigenvalue weighted by molar-refractivity contribution is -0.160. The average Bonchev–Trinajstić information content (AvgIpc) is 3.55. The van der Waals surface area contributed by atoms with Gasteiger partial charge in [0, 0.05) is 17.7 Å². The van der Waals surface area contributed by atoms with Crippen molar-refractivity contribution in [3.05, 3.63) is 22.9 Å². The largest absolute Gasteiger partial charge is 0.477 e. The summed E-state index contributed by atoms with van der Waals surface area (Å²) >= 11 is 3.69. The van der Waals surface area contributed by atoms with Crippen LogP contribution >= 0.6 is 47.7 Å². The van der Waals surface area contributed by atoms with Crippen LogP contribution in [0.4, 0.5) is 0 Å². The van der Waals surface area contributed by atoms with Gasteiger partial charge in [0.1, 0.15) is 34.8 Å². The standard InChI is InChI=1S/C23H27N9O7S3.ClH/c1-5-6-31-22(26-28-29-31)42-11-12-10-41-19-14(18(35)32(19)15(12)20(36)37)25-17(34)16(30-7-8-40-21(30)24)27-38-9-13(33)39-23(2,3)4;/h1,7-8,14,19,21H,6,9-11,24H2,2-4H3,(H,25,34)(H,36,37);1H/b27-16+;/t14?,19-,21?;/m1./s1. The molecule has 0 aromatic carbocycles. The number of oxime groups is 1. The number of halogens is 1. The number of fused-ring (bicyclic) bond motifs is 1. The zero-order valence-corrected chi connectivity index (χ0v) is 26.3. The van der Waals surface area contributed by atoms with Crippen molar-refractivity contribution < 1.29 is 33.9 Å². The van der Waals surface area contributed by atoms with E-state index in [0.717, 1.165) is 4.90 Å². The maximum absolute atomic E-state index is 13.3. The minimum Gasteiger partial charge on any atom is -0.477 e. The maximum Gasteiger partial charge on any atom is 0.352 e. The van der Waals surface area contributed by atoms with Crippen molar-refractivity contribution in [3.63, 3.8) is 0 Å². The number of esters is 1. The summed E-state index contributed by atoms with van der Waals surface area (Å²) in [6, 6.07) is -1.04. The highest BCUT2D eigenvalue weighted by Gasteiger charge is 2.54. The molecule has 20 heteroatoms. The fraction of sp³-hybridized carbons (Fsp3) is 0.478. The van der Waals surface area contributed by atoms with Gasteiger partial charge >= 0.3 is 11.9 Å². The van der Waals surface area contributed by atoms with Crippen LogP contribution < -0.4 is 11.1 Å². The Bertz CT molecular complexity index is 1410. The van der Waals surface area contributed by atoms with Gasteiger partial charge < -0.3 is 25.7 Å². The second-order valence-corrected chi connectivity index (χ2v) is 12.8. The van der Waals surface area contributed by atoms with E-state index in [9.17, 15) is 24.3 Å². The number of ether oxygens (including phenoxy) is 1. The van der Waals surface area contributed by atoms with Gasteiger partial charge in [0.25, 0.3) is 11.8 Å². The molecule has 16 nitrogen and oxygen atoms in total. The van der Waals surface area contributed by atoms with Gasteiger partial charge in [0.15, 0.2) is 0 Å². The Labute approximate surface area is 264 Å². The lowest BCUT2D eigenvalue weighted by Crippen LogP contribution is -2.71. The van der Waals surface area contributed by atoms with Crippen LogP contribution in [0.5, 0.6) is 0 Å². The van der Waals surface area contributed by atoms with E-state index in [0.29, 0.717) is 10.7 Å². The van der Waals surface area contributed by atoms with Gasteiger partial charge in [0.05, 0.1) is 0 Å². The predicted molar refractivity (Wildman–Crippen MR) is 160 cm³/mol. The number of carboxylic acids is 1. The number of carbonyl (C=O) groups is 4. The Kier molecular flexibility index (Phi) is 11.4. The van der Waals surface area contributed by atoms with Crippen molar-refractivity contribution in [1.29, 1.82) is 0 Å². The molecular weight excluding hydrogens is 646 g/mol. The molecule has 4 rings (SSSR count). The molecule has 0 spiro atoms. The summed E-state index contributed by atoms with van der Waals surface area (Å²) in [5, 5.41) is 29.0. The Balaban J connectivity index is 0.00000506.